The summed E-state index contributed by atoms with van der Waals surface area (Å²) < 4.78 is 0. The lowest BCUT2D eigenvalue weighted by Crippen LogP contribution is -1.83. The second kappa shape index (κ2) is 3.78. The van der Waals surface area contributed by atoms with E-state index >= 15 is 0 Å². The van der Waals surface area contributed by atoms with E-state index in [1.165, 1.54) is 0 Å². The Hall–Kier alpha value is -0.280. The topological polar surface area (TPSA) is 25.8 Å². The van der Waals surface area contributed by atoms with Crippen LogP contribution in [0.25, 0.3) is 0 Å². The van der Waals surface area contributed by atoms with E-state index < -0.39 is 0 Å². The van der Waals surface area contributed by atoms with Crippen LogP contribution >= 0.6 is 23.4 Å². The molecule has 54 valence electrons. The van der Waals surface area contributed by atoms with Crippen molar-refractivity contribution in [3.05, 3.63) is 17.4 Å². The van der Waals surface area contributed by atoms with Gasteiger partial charge in [-0.1, -0.05) is 30.3 Å². The average molecular weight is 175 g/mol. The summed E-state index contributed by atoms with van der Waals surface area (Å²) >= 11 is 7.18. The number of aromatic nitrogens is 2. The van der Waals surface area contributed by atoms with Crippen molar-refractivity contribution in [1.82, 2.24) is 9.97 Å². The molecule has 0 aliphatic rings. The highest BCUT2D eigenvalue weighted by molar-refractivity contribution is 7.99. The van der Waals surface area contributed by atoms with Crippen LogP contribution < -0.4 is 0 Å². The van der Waals surface area contributed by atoms with E-state index in [2.05, 4.69) is 16.9 Å². The maximum Gasteiger partial charge on any atom is 0.187 e. The van der Waals surface area contributed by atoms with Crippen molar-refractivity contribution < 1.29 is 0 Å². The fourth-order valence-electron chi connectivity index (χ4n) is 0.504. The minimum Gasteiger partial charge on any atom is -0.230 e. The minimum absolute atomic E-state index is 0.584. The number of nitrogens with zero attached hydrogens (tertiary/aromatic N) is 2. The Labute approximate surface area is 69.0 Å². The van der Waals surface area contributed by atoms with Crippen molar-refractivity contribution in [2.24, 2.45) is 0 Å². The third-order valence-electron chi connectivity index (χ3n) is 0.870. The lowest BCUT2D eigenvalue weighted by atomic mass is 10.7. The fraction of sp³-hybridized carbons (Fsp3) is 0.333. The summed E-state index contributed by atoms with van der Waals surface area (Å²) in [6.45, 7) is 2.06. The number of rotatable bonds is 2. The zero-order chi connectivity index (χ0) is 7.40. The third-order valence-corrected chi connectivity index (χ3v) is 1.82. The van der Waals surface area contributed by atoms with Gasteiger partial charge >= 0.3 is 0 Å². The summed E-state index contributed by atoms with van der Waals surface area (Å²) in [5.74, 6) is 0.988. The monoisotopic (exact) mass is 174 g/mol. The number of hydrogen-bond acceptors (Lipinski definition) is 3. The second-order valence-electron chi connectivity index (χ2n) is 1.62. The summed E-state index contributed by atoms with van der Waals surface area (Å²) in [6, 6.07) is 0. The molecule has 1 heterocycles. The molecular formula is C6H7ClN2S. The van der Waals surface area contributed by atoms with Gasteiger partial charge in [0.05, 0.1) is 17.4 Å². The van der Waals surface area contributed by atoms with E-state index in [9.17, 15) is 0 Å². The van der Waals surface area contributed by atoms with Crippen LogP contribution in [0.5, 0.6) is 0 Å². The summed E-state index contributed by atoms with van der Waals surface area (Å²) in [5, 5.41) is 1.37. The Bertz CT molecular complexity index is 199. The van der Waals surface area contributed by atoms with E-state index in [1.807, 2.05) is 0 Å². The maximum absolute atomic E-state index is 5.58. The first-order valence-corrected chi connectivity index (χ1v) is 4.29. The molecule has 0 aliphatic carbocycles. The van der Waals surface area contributed by atoms with Crippen LogP contribution in [-0.2, 0) is 0 Å². The van der Waals surface area contributed by atoms with Crippen LogP contribution in [-0.4, -0.2) is 15.7 Å². The number of thioether (sulfide) groups is 1. The van der Waals surface area contributed by atoms with Gasteiger partial charge in [-0.3, -0.25) is 0 Å². The SMILES string of the molecule is CCSc1ncc(Cl)cn1. The normalized spacial score (nSPS) is 9.80. The van der Waals surface area contributed by atoms with Crippen LogP contribution in [0.15, 0.2) is 17.6 Å². The largest absolute Gasteiger partial charge is 0.230 e. The molecule has 0 unspecified atom stereocenters. The van der Waals surface area contributed by atoms with Crippen LogP contribution in [0.4, 0.5) is 0 Å². The van der Waals surface area contributed by atoms with Crippen molar-refractivity contribution in [2.45, 2.75) is 12.1 Å². The zero-order valence-corrected chi connectivity index (χ0v) is 7.11. The highest BCUT2D eigenvalue weighted by Crippen LogP contribution is 2.12. The molecule has 0 amide bonds. The van der Waals surface area contributed by atoms with Crippen LogP contribution in [0.2, 0.25) is 5.02 Å². The number of hydrogen-bond donors (Lipinski definition) is 0. The molecule has 0 aromatic carbocycles. The molecule has 1 aromatic rings. The molecule has 0 spiro atoms. The third kappa shape index (κ3) is 2.15. The van der Waals surface area contributed by atoms with Crippen molar-refractivity contribution in [3.63, 3.8) is 0 Å². The molecule has 0 atom stereocenters. The van der Waals surface area contributed by atoms with Gasteiger partial charge in [0.15, 0.2) is 5.16 Å². The van der Waals surface area contributed by atoms with Crippen molar-refractivity contribution in [2.75, 3.05) is 5.75 Å². The molecule has 0 saturated carbocycles. The summed E-state index contributed by atoms with van der Waals surface area (Å²) in [7, 11) is 0. The summed E-state index contributed by atoms with van der Waals surface area (Å²) in [6.07, 6.45) is 3.21. The van der Waals surface area contributed by atoms with Crippen molar-refractivity contribution in [1.29, 1.82) is 0 Å². The molecule has 1 rings (SSSR count). The standard InChI is InChI=1S/C6H7ClN2S/c1-2-10-6-8-3-5(7)4-9-6/h3-4H,2H2,1H3. The minimum atomic E-state index is 0.584. The summed E-state index contributed by atoms with van der Waals surface area (Å²) in [4.78, 5) is 7.98. The molecule has 2 nitrogen and oxygen atoms in total. The Kier molecular flexibility index (Phi) is 2.96. The quantitative estimate of drug-likeness (QED) is 0.508. The van der Waals surface area contributed by atoms with Gasteiger partial charge in [0, 0.05) is 0 Å². The van der Waals surface area contributed by atoms with Crippen LogP contribution in [0.1, 0.15) is 6.92 Å². The molecular weight excluding hydrogens is 168 g/mol. The molecule has 10 heavy (non-hydrogen) atoms. The fourth-order valence-corrected chi connectivity index (χ4v) is 1.11. The summed E-state index contributed by atoms with van der Waals surface area (Å²) in [5.41, 5.74) is 0. The second-order valence-corrected chi connectivity index (χ2v) is 3.28. The zero-order valence-electron chi connectivity index (χ0n) is 5.54. The Morgan fingerprint density at radius 2 is 2.10 bits per heavy atom. The van der Waals surface area contributed by atoms with Crippen molar-refractivity contribution in [3.8, 4) is 0 Å². The molecule has 0 aliphatic heterocycles. The van der Waals surface area contributed by atoms with E-state index in [-0.39, 0.29) is 0 Å². The van der Waals surface area contributed by atoms with E-state index in [0.717, 1.165) is 10.9 Å². The van der Waals surface area contributed by atoms with Gasteiger partial charge < -0.3 is 0 Å². The molecule has 0 saturated heterocycles. The molecule has 0 N–H and O–H groups in total. The molecule has 0 radical (unpaired) electrons. The first-order chi connectivity index (χ1) is 4.83. The molecule has 1 aromatic heterocycles. The van der Waals surface area contributed by atoms with Gasteiger partial charge in [0.2, 0.25) is 0 Å². The van der Waals surface area contributed by atoms with E-state index in [1.54, 1.807) is 24.2 Å². The average Bonchev–Trinajstić information content (AvgIpc) is 1.95. The van der Waals surface area contributed by atoms with Gasteiger partial charge in [-0.25, -0.2) is 9.97 Å². The molecule has 4 heteroatoms. The van der Waals surface area contributed by atoms with E-state index in [0.29, 0.717) is 5.02 Å². The Morgan fingerprint density at radius 3 is 2.60 bits per heavy atom. The first-order valence-electron chi connectivity index (χ1n) is 2.93. The Morgan fingerprint density at radius 1 is 1.50 bits per heavy atom. The predicted octanol–water partition coefficient (Wildman–Crippen LogP) is 2.24. The van der Waals surface area contributed by atoms with Gasteiger partial charge in [0.1, 0.15) is 0 Å². The van der Waals surface area contributed by atoms with Crippen LogP contribution in [0, 0.1) is 0 Å². The van der Waals surface area contributed by atoms with Gasteiger partial charge in [-0.05, 0) is 5.75 Å². The smallest absolute Gasteiger partial charge is 0.187 e. The highest BCUT2D eigenvalue weighted by Gasteiger charge is 1.92. The van der Waals surface area contributed by atoms with E-state index in [4.69, 9.17) is 11.6 Å². The lowest BCUT2D eigenvalue weighted by Gasteiger charge is -1.93. The highest BCUT2D eigenvalue weighted by atomic mass is 35.5. The van der Waals surface area contributed by atoms with Gasteiger partial charge in [-0.15, -0.1) is 0 Å². The predicted molar refractivity (Wildman–Crippen MR) is 43.4 cm³/mol. The van der Waals surface area contributed by atoms with Gasteiger partial charge in [0.25, 0.3) is 0 Å². The first kappa shape index (κ1) is 7.82. The van der Waals surface area contributed by atoms with Crippen molar-refractivity contribution >= 4 is 23.4 Å². The lowest BCUT2D eigenvalue weighted by molar-refractivity contribution is 0.968. The van der Waals surface area contributed by atoms with Gasteiger partial charge in [-0.2, -0.15) is 0 Å². The maximum atomic E-state index is 5.58. The molecule has 0 fully saturated rings. The van der Waals surface area contributed by atoms with Crippen LogP contribution in [0.3, 0.4) is 0 Å². The Balaban J connectivity index is 2.69. The number of halogens is 1. The molecule has 0 bridgehead atoms.